The van der Waals surface area contributed by atoms with Crippen LogP contribution in [0.15, 0.2) is 24.3 Å². The summed E-state index contributed by atoms with van der Waals surface area (Å²) in [5.41, 5.74) is 6.92. The van der Waals surface area contributed by atoms with E-state index in [1.165, 1.54) is 5.56 Å². The highest BCUT2D eigenvalue weighted by molar-refractivity contribution is 5.85. The highest BCUT2D eigenvalue weighted by Crippen LogP contribution is 2.31. The first-order chi connectivity index (χ1) is 11.2. The average molecular weight is 355 g/mol. The molecule has 6 heteroatoms. The molecule has 0 radical (unpaired) electrons. The maximum absolute atomic E-state index is 12.5. The largest absolute Gasteiger partial charge is 0.497 e. The highest BCUT2D eigenvalue weighted by Gasteiger charge is 2.34. The molecule has 2 aliphatic heterocycles. The van der Waals surface area contributed by atoms with Crippen molar-refractivity contribution < 1.29 is 14.3 Å². The molecule has 2 saturated heterocycles. The zero-order chi connectivity index (χ0) is 16.2. The van der Waals surface area contributed by atoms with Crippen molar-refractivity contribution in [1.29, 1.82) is 0 Å². The van der Waals surface area contributed by atoms with Crippen LogP contribution in [0.25, 0.3) is 0 Å². The van der Waals surface area contributed by atoms with E-state index in [0.29, 0.717) is 12.5 Å². The summed E-state index contributed by atoms with van der Waals surface area (Å²) in [5, 5.41) is 0. The van der Waals surface area contributed by atoms with Crippen LogP contribution < -0.4 is 10.5 Å². The lowest BCUT2D eigenvalue weighted by molar-refractivity contribution is -0.143. The lowest BCUT2D eigenvalue weighted by atomic mass is 9.89. The molecular weight excluding hydrogens is 328 g/mol. The van der Waals surface area contributed by atoms with Crippen LogP contribution in [0, 0.1) is 0 Å². The number of methoxy groups -OCH3 is 1. The fourth-order valence-electron chi connectivity index (χ4n) is 3.59. The monoisotopic (exact) mass is 354 g/mol. The normalized spacial score (nSPS) is 24.5. The van der Waals surface area contributed by atoms with Gasteiger partial charge in [-0.15, -0.1) is 12.4 Å². The van der Waals surface area contributed by atoms with Gasteiger partial charge in [0.05, 0.1) is 13.2 Å². The Bertz CT molecular complexity index is 547. The van der Waals surface area contributed by atoms with Crippen molar-refractivity contribution >= 4 is 18.3 Å². The summed E-state index contributed by atoms with van der Waals surface area (Å²) in [7, 11) is 1.69. The Balaban J connectivity index is 0.00000208. The molecule has 0 saturated carbocycles. The summed E-state index contributed by atoms with van der Waals surface area (Å²) in [6, 6.07) is 8.25. The minimum absolute atomic E-state index is 0. The van der Waals surface area contributed by atoms with E-state index < -0.39 is 0 Å². The smallest absolute Gasteiger partial charge is 0.251 e. The number of halogens is 1. The number of piperidine rings is 1. The minimum atomic E-state index is -0.281. The number of benzene rings is 1. The first-order valence-electron chi connectivity index (χ1n) is 8.49. The second-order valence-electron chi connectivity index (χ2n) is 6.44. The van der Waals surface area contributed by atoms with E-state index >= 15 is 0 Å². The lowest BCUT2D eigenvalue weighted by Gasteiger charge is -2.33. The van der Waals surface area contributed by atoms with Gasteiger partial charge in [-0.05, 0) is 49.3 Å². The molecule has 1 aromatic rings. The number of hydrogen-bond donors (Lipinski definition) is 1. The molecule has 2 fully saturated rings. The summed E-state index contributed by atoms with van der Waals surface area (Å²) >= 11 is 0. The Labute approximate surface area is 149 Å². The third-order valence-corrected chi connectivity index (χ3v) is 5.02. The Morgan fingerprint density at radius 1 is 1.29 bits per heavy atom. The number of likely N-dealkylation sites (tertiary alicyclic amines) is 1. The number of nitrogens with two attached hydrogens (primary N) is 1. The molecule has 0 spiro atoms. The van der Waals surface area contributed by atoms with Crippen LogP contribution >= 0.6 is 12.4 Å². The van der Waals surface area contributed by atoms with Crippen LogP contribution in [0.3, 0.4) is 0 Å². The Kier molecular flexibility index (Phi) is 6.90. The van der Waals surface area contributed by atoms with E-state index in [2.05, 4.69) is 12.1 Å². The van der Waals surface area contributed by atoms with Crippen molar-refractivity contribution in [2.24, 2.45) is 5.73 Å². The van der Waals surface area contributed by atoms with E-state index in [-0.39, 0.29) is 30.5 Å². The van der Waals surface area contributed by atoms with E-state index in [1.54, 1.807) is 7.11 Å². The summed E-state index contributed by atoms with van der Waals surface area (Å²) in [5.74, 6) is 1.54. The van der Waals surface area contributed by atoms with E-state index in [9.17, 15) is 4.79 Å². The third kappa shape index (κ3) is 4.21. The van der Waals surface area contributed by atoms with Crippen LogP contribution in [-0.2, 0) is 9.53 Å². The van der Waals surface area contributed by atoms with Crippen LogP contribution in [0.4, 0.5) is 0 Å². The Morgan fingerprint density at radius 2 is 2.04 bits per heavy atom. The number of rotatable bonds is 4. The molecule has 2 heterocycles. The van der Waals surface area contributed by atoms with Crippen LogP contribution in [0.2, 0.25) is 0 Å². The van der Waals surface area contributed by atoms with Gasteiger partial charge in [-0.25, -0.2) is 0 Å². The summed E-state index contributed by atoms with van der Waals surface area (Å²) in [4.78, 5) is 14.5. The molecule has 5 nitrogen and oxygen atoms in total. The van der Waals surface area contributed by atoms with Gasteiger partial charge in [-0.1, -0.05) is 12.1 Å². The van der Waals surface area contributed by atoms with Crippen LogP contribution in [0.1, 0.15) is 37.2 Å². The number of ether oxygens (including phenoxy) is 2. The quantitative estimate of drug-likeness (QED) is 0.901. The molecule has 2 N–H and O–H groups in total. The SMILES string of the molecule is COc1cccc(C2CCN(C(=O)[C@@H]3CC[C@H](CN)O3)CC2)c1.Cl. The first kappa shape index (κ1) is 19.0. The summed E-state index contributed by atoms with van der Waals surface area (Å²) in [6.07, 6.45) is 3.46. The maximum Gasteiger partial charge on any atom is 0.251 e. The maximum atomic E-state index is 12.5. The molecule has 1 aromatic carbocycles. The standard InChI is InChI=1S/C18H26N2O3.ClH/c1-22-15-4-2-3-14(11-15)13-7-9-20(10-8-13)18(21)17-6-5-16(12-19)23-17;/h2-4,11,13,16-17H,5-10,12,19H2,1H3;1H/t16-,17+;/m1./s1. The number of carbonyl (C=O) groups is 1. The van der Waals surface area contributed by atoms with Gasteiger partial charge in [0.25, 0.3) is 5.91 Å². The Hall–Kier alpha value is -1.30. The molecule has 2 atom stereocenters. The van der Waals surface area contributed by atoms with E-state index in [0.717, 1.165) is 44.5 Å². The van der Waals surface area contributed by atoms with Gasteiger partial charge in [0, 0.05) is 19.6 Å². The van der Waals surface area contributed by atoms with Gasteiger partial charge >= 0.3 is 0 Å². The van der Waals surface area contributed by atoms with Crippen molar-refractivity contribution in [3.05, 3.63) is 29.8 Å². The average Bonchev–Trinajstić information content (AvgIpc) is 3.10. The molecule has 3 rings (SSSR count). The summed E-state index contributed by atoms with van der Waals surface area (Å²) < 4.78 is 11.0. The molecular formula is C18H27ClN2O3. The second kappa shape index (κ2) is 8.70. The van der Waals surface area contributed by atoms with Gasteiger partial charge in [-0.2, -0.15) is 0 Å². The predicted molar refractivity (Wildman–Crippen MR) is 95.7 cm³/mol. The van der Waals surface area contributed by atoms with Gasteiger partial charge < -0.3 is 20.1 Å². The van der Waals surface area contributed by atoms with Crippen molar-refractivity contribution in [3.63, 3.8) is 0 Å². The number of amides is 1. The lowest BCUT2D eigenvalue weighted by Crippen LogP contribution is -2.43. The molecule has 134 valence electrons. The second-order valence-corrected chi connectivity index (χ2v) is 6.44. The van der Waals surface area contributed by atoms with E-state index in [1.807, 2.05) is 17.0 Å². The zero-order valence-corrected chi connectivity index (χ0v) is 15.0. The fraction of sp³-hybridized carbons (Fsp3) is 0.611. The van der Waals surface area contributed by atoms with Crippen molar-refractivity contribution in [2.45, 2.75) is 43.8 Å². The van der Waals surface area contributed by atoms with E-state index in [4.69, 9.17) is 15.2 Å². The fourth-order valence-corrected chi connectivity index (χ4v) is 3.59. The molecule has 0 aromatic heterocycles. The molecule has 2 aliphatic rings. The number of hydrogen-bond acceptors (Lipinski definition) is 4. The van der Waals surface area contributed by atoms with Gasteiger partial charge in [0.15, 0.2) is 0 Å². The van der Waals surface area contributed by atoms with Crippen molar-refractivity contribution in [1.82, 2.24) is 4.90 Å². The Morgan fingerprint density at radius 3 is 2.67 bits per heavy atom. The van der Waals surface area contributed by atoms with Crippen LogP contribution in [-0.4, -0.2) is 49.8 Å². The first-order valence-corrected chi connectivity index (χ1v) is 8.49. The highest BCUT2D eigenvalue weighted by atomic mass is 35.5. The molecule has 0 bridgehead atoms. The third-order valence-electron chi connectivity index (χ3n) is 5.02. The molecule has 24 heavy (non-hydrogen) atoms. The van der Waals surface area contributed by atoms with Gasteiger partial charge in [-0.3, -0.25) is 4.79 Å². The van der Waals surface area contributed by atoms with Crippen molar-refractivity contribution in [2.75, 3.05) is 26.7 Å². The minimum Gasteiger partial charge on any atom is -0.497 e. The number of nitrogens with zero attached hydrogens (tertiary/aromatic N) is 1. The molecule has 0 aliphatic carbocycles. The summed E-state index contributed by atoms with van der Waals surface area (Å²) in [6.45, 7) is 2.10. The van der Waals surface area contributed by atoms with Gasteiger partial charge in [0.1, 0.15) is 11.9 Å². The van der Waals surface area contributed by atoms with Gasteiger partial charge in [0.2, 0.25) is 0 Å². The van der Waals surface area contributed by atoms with Crippen molar-refractivity contribution in [3.8, 4) is 5.75 Å². The molecule has 0 unspecified atom stereocenters. The topological polar surface area (TPSA) is 64.8 Å². The predicted octanol–water partition coefficient (Wildman–Crippen LogP) is 2.33. The zero-order valence-electron chi connectivity index (χ0n) is 14.1. The van der Waals surface area contributed by atoms with Crippen LogP contribution in [0.5, 0.6) is 5.75 Å². The molecule has 1 amide bonds. The number of carbonyl (C=O) groups excluding carboxylic acids is 1.